The van der Waals surface area contributed by atoms with Crippen LogP contribution in [-0.4, -0.2) is 22.6 Å². The molecular weight excluding hydrogens is 456 g/mol. The fourth-order valence-corrected chi connectivity index (χ4v) is 3.34. The Kier molecular flexibility index (Phi) is 6.51. The van der Waals surface area contributed by atoms with Crippen molar-refractivity contribution in [2.45, 2.75) is 13.8 Å². The molecule has 2 N–H and O–H groups in total. The normalized spacial score (nSPS) is 10.9. The smallest absolute Gasteiger partial charge is 0.318 e. The predicted octanol–water partition coefficient (Wildman–Crippen LogP) is 4.60. The molecule has 0 spiro atoms. The highest BCUT2D eigenvalue weighted by Gasteiger charge is 2.14. The number of aromatic nitrogens is 1. The van der Waals surface area contributed by atoms with Crippen molar-refractivity contribution >= 4 is 51.2 Å². The molecule has 0 saturated heterocycles. The van der Waals surface area contributed by atoms with Crippen molar-refractivity contribution in [3.05, 3.63) is 81.0 Å². The number of hydrogen-bond acceptors (Lipinski definition) is 3. The van der Waals surface area contributed by atoms with Gasteiger partial charge < -0.3 is 9.88 Å². The van der Waals surface area contributed by atoms with Crippen molar-refractivity contribution in [3.8, 4) is 5.69 Å². The van der Waals surface area contributed by atoms with Gasteiger partial charge in [0.2, 0.25) is 0 Å². The number of hydrogen-bond donors (Lipinski definition) is 2. The summed E-state index contributed by atoms with van der Waals surface area (Å²) in [6, 6.07) is 16.4. The third-order valence-corrected chi connectivity index (χ3v) is 5.09. The second-order valence-corrected chi connectivity index (χ2v) is 7.60. The van der Waals surface area contributed by atoms with E-state index in [0.29, 0.717) is 10.7 Å². The Morgan fingerprint density at radius 2 is 1.76 bits per heavy atom. The Morgan fingerprint density at radius 1 is 1.07 bits per heavy atom. The van der Waals surface area contributed by atoms with Gasteiger partial charge in [-0.25, -0.2) is 5.43 Å². The number of benzene rings is 2. The van der Waals surface area contributed by atoms with Crippen LogP contribution in [0.2, 0.25) is 5.02 Å². The second-order valence-electron chi connectivity index (χ2n) is 6.27. The molecular formula is C21H18BrClN4O2. The van der Waals surface area contributed by atoms with Crippen molar-refractivity contribution in [1.29, 1.82) is 0 Å². The summed E-state index contributed by atoms with van der Waals surface area (Å²) in [6.45, 7) is 3.89. The number of rotatable bonds is 4. The first-order chi connectivity index (χ1) is 13.9. The summed E-state index contributed by atoms with van der Waals surface area (Å²) in [6.07, 6.45) is 1.50. The van der Waals surface area contributed by atoms with Crippen LogP contribution in [-0.2, 0) is 9.59 Å². The summed E-state index contributed by atoms with van der Waals surface area (Å²) in [5, 5.41) is 7.05. The number of nitrogens with zero attached hydrogens (tertiary/aromatic N) is 2. The first kappa shape index (κ1) is 20.8. The van der Waals surface area contributed by atoms with Crippen LogP contribution in [0.1, 0.15) is 17.0 Å². The van der Waals surface area contributed by atoms with Crippen LogP contribution < -0.4 is 10.7 Å². The van der Waals surface area contributed by atoms with E-state index in [1.165, 1.54) is 6.21 Å². The minimum Gasteiger partial charge on any atom is -0.318 e. The molecule has 0 fully saturated rings. The number of carbonyl (C=O) groups is 2. The molecule has 1 aromatic heterocycles. The molecule has 0 aliphatic carbocycles. The number of amides is 2. The molecule has 1 heterocycles. The number of carbonyl (C=O) groups excluding carboxylic acids is 2. The number of nitrogens with one attached hydrogen (secondary N) is 2. The molecule has 3 rings (SSSR count). The molecule has 2 aromatic carbocycles. The second kappa shape index (κ2) is 9.07. The van der Waals surface area contributed by atoms with Crippen molar-refractivity contribution in [2.75, 3.05) is 5.32 Å². The molecule has 0 radical (unpaired) electrons. The first-order valence-corrected chi connectivity index (χ1v) is 9.87. The standard InChI is InChI=1S/C21H18BrClN4O2/c1-13-11-15(14(2)27(13)19-6-4-3-5-18(19)23)12-24-26-21(29)20(28)25-17-9-7-16(22)8-10-17/h3-12H,1-2H3,(H,25,28)(H,26,29)/b24-12-. The minimum absolute atomic E-state index is 0.514. The van der Waals surface area contributed by atoms with Gasteiger partial charge in [0.1, 0.15) is 0 Å². The number of aryl methyl sites for hydroxylation is 1. The Balaban J connectivity index is 1.68. The Bertz CT molecular complexity index is 1090. The third-order valence-electron chi connectivity index (χ3n) is 4.24. The highest BCUT2D eigenvalue weighted by atomic mass is 79.9. The Labute approximate surface area is 181 Å². The van der Waals surface area contributed by atoms with Gasteiger partial charge in [0.15, 0.2) is 0 Å². The number of hydrazone groups is 1. The zero-order valence-corrected chi connectivity index (χ0v) is 18.1. The first-order valence-electron chi connectivity index (χ1n) is 8.70. The van der Waals surface area contributed by atoms with Gasteiger partial charge in [-0.05, 0) is 56.3 Å². The summed E-state index contributed by atoms with van der Waals surface area (Å²) in [7, 11) is 0. The Hall–Kier alpha value is -2.90. The van der Waals surface area contributed by atoms with Gasteiger partial charge in [-0.3, -0.25) is 9.59 Å². The zero-order chi connectivity index (χ0) is 21.0. The van der Waals surface area contributed by atoms with Gasteiger partial charge >= 0.3 is 11.8 Å². The lowest BCUT2D eigenvalue weighted by Crippen LogP contribution is -2.32. The van der Waals surface area contributed by atoms with Gasteiger partial charge in [-0.2, -0.15) is 5.10 Å². The van der Waals surface area contributed by atoms with Gasteiger partial charge in [0.05, 0.1) is 16.9 Å². The Morgan fingerprint density at radius 3 is 2.45 bits per heavy atom. The zero-order valence-electron chi connectivity index (χ0n) is 15.7. The van der Waals surface area contributed by atoms with E-state index in [9.17, 15) is 9.59 Å². The lowest BCUT2D eigenvalue weighted by molar-refractivity contribution is -0.136. The van der Waals surface area contributed by atoms with Gasteiger partial charge in [-0.1, -0.05) is 39.7 Å². The summed E-state index contributed by atoms with van der Waals surface area (Å²) < 4.78 is 2.88. The fraction of sp³-hybridized carbons (Fsp3) is 0.0952. The van der Waals surface area contributed by atoms with E-state index in [1.807, 2.05) is 48.7 Å². The molecule has 0 unspecified atom stereocenters. The highest BCUT2D eigenvalue weighted by molar-refractivity contribution is 9.10. The van der Waals surface area contributed by atoms with Crippen molar-refractivity contribution < 1.29 is 9.59 Å². The average Bonchev–Trinajstić information content (AvgIpc) is 2.97. The fourth-order valence-electron chi connectivity index (χ4n) is 2.85. The summed E-state index contributed by atoms with van der Waals surface area (Å²) in [5.74, 6) is -1.66. The molecule has 2 amide bonds. The molecule has 3 aromatic rings. The quantitative estimate of drug-likeness (QED) is 0.330. The van der Waals surface area contributed by atoms with Gasteiger partial charge in [-0.15, -0.1) is 0 Å². The molecule has 0 aliphatic rings. The lowest BCUT2D eigenvalue weighted by Gasteiger charge is -2.11. The maximum atomic E-state index is 12.0. The van der Waals surface area contributed by atoms with Gasteiger partial charge in [0, 0.05) is 27.1 Å². The van der Waals surface area contributed by atoms with E-state index in [4.69, 9.17) is 11.6 Å². The molecule has 8 heteroatoms. The summed E-state index contributed by atoms with van der Waals surface area (Å²) in [4.78, 5) is 23.9. The maximum absolute atomic E-state index is 12.0. The van der Waals surface area contributed by atoms with Crippen LogP contribution >= 0.6 is 27.5 Å². The van der Waals surface area contributed by atoms with Crippen molar-refractivity contribution in [3.63, 3.8) is 0 Å². The van der Waals surface area contributed by atoms with Crippen LogP contribution in [0.25, 0.3) is 5.69 Å². The maximum Gasteiger partial charge on any atom is 0.329 e. The summed E-state index contributed by atoms with van der Waals surface area (Å²) in [5.41, 5.74) is 6.30. The molecule has 0 bridgehead atoms. The van der Waals surface area contributed by atoms with Crippen molar-refractivity contribution in [2.24, 2.45) is 5.10 Å². The van der Waals surface area contributed by atoms with Crippen LogP contribution in [0.3, 0.4) is 0 Å². The average molecular weight is 474 g/mol. The van der Waals surface area contributed by atoms with Crippen LogP contribution in [0.15, 0.2) is 64.2 Å². The molecule has 6 nitrogen and oxygen atoms in total. The lowest BCUT2D eigenvalue weighted by atomic mass is 10.2. The number of anilines is 1. The largest absolute Gasteiger partial charge is 0.329 e. The molecule has 0 atom stereocenters. The molecule has 0 aliphatic heterocycles. The van der Waals surface area contributed by atoms with E-state index in [0.717, 1.165) is 27.1 Å². The van der Waals surface area contributed by atoms with E-state index in [-0.39, 0.29) is 0 Å². The van der Waals surface area contributed by atoms with Crippen LogP contribution in [0.4, 0.5) is 5.69 Å². The van der Waals surface area contributed by atoms with Crippen molar-refractivity contribution in [1.82, 2.24) is 9.99 Å². The van der Waals surface area contributed by atoms with E-state index in [1.54, 1.807) is 24.3 Å². The molecule has 148 valence electrons. The van der Waals surface area contributed by atoms with Crippen LogP contribution in [0.5, 0.6) is 0 Å². The minimum atomic E-state index is -0.857. The molecule has 0 saturated carbocycles. The monoisotopic (exact) mass is 472 g/mol. The topological polar surface area (TPSA) is 75.5 Å². The number of para-hydroxylation sites is 1. The predicted molar refractivity (Wildman–Crippen MR) is 119 cm³/mol. The van der Waals surface area contributed by atoms with Crippen LogP contribution in [0, 0.1) is 13.8 Å². The summed E-state index contributed by atoms with van der Waals surface area (Å²) >= 11 is 9.62. The van der Waals surface area contributed by atoms with E-state index in [2.05, 4.69) is 31.8 Å². The third kappa shape index (κ3) is 4.93. The highest BCUT2D eigenvalue weighted by Crippen LogP contribution is 2.25. The van der Waals surface area contributed by atoms with E-state index >= 15 is 0 Å². The number of halogens is 2. The van der Waals surface area contributed by atoms with Gasteiger partial charge in [0.25, 0.3) is 0 Å². The molecule has 29 heavy (non-hydrogen) atoms. The SMILES string of the molecule is Cc1cc(/C=N\NC(=O)C(=O)Nc2ccc(Br)cc2)c(C)n1-c1ccccc1Cl. The van der Waals surface area contributed by atoms with E-state index < -0.39 is 11.8 Å².